The van der Waals surface area contributed by atoms with Crippen molar-refractivity contribution in [3.8, 4) is 11.4 Å². The molecule has 1 fully saturated rings. The molecule has 2 aromatic rings. The fraction of sp³-hybridized carbons (Fsp3) is 0.500. The Balaban J connectivity index is 1.58. The van der Waals surface area contributed by atoms with Crippen LogP contribution in [0.4, 0.5) is 5.69 Å². The number of hydrogen-bond donors (Lipinski definition) is 1. The molecule has 1 aromatic carbocycles. The van der Waals surface area contributed by atoms with Crippen LogP contribution in [0.2, 0.25) is 0 Å². The van der Waals surface area contributed by atoms with Gasteiger partial charge in [-0.25, -0.2) is 0 Å². The molecule has 1 saturated heterocycles. The van der Waals surface area contributed by atoms with Crippen molar-refractivity contribution in [3.63, 3.8) is 0 Å². The summed E-state index contributed by atoms with van der Waals surface area (Å²) in [6, 6.07) is 8.44. The van der Waals surface area contributed by atoms with E-state index in [1.807, 2.05) is 11.6 Å². The summed E-state index contributed by atoms with van der Waals surface area (Å²) in [6.45, 7) is 3.49. The lowest BCUT2D eigenvalue weighted by atomic mass is 9.98. The quantitative estimate of drug-likeness (QED) is 0.936. The third-order valence-electron chi connectivity index (χ3n) is 4.17. The van der Waals surface area contributed by atoms with Crippen molar-refractivity contribution in [1.29, 1.82) is 0 Å². The number of nitrogens with zero attached hydrogens (tertiary/aromatic N) is 4. The van der Waals surface area contributed by atoms with E-state index in [2.05, 4.69) is 51.7 Å². The van der Waals surface area contributed by atoms with Crippen molar-refractivity contribution in [2.24, 2.45) is 13.0 Å². The van der Waals surface area contributed by atoms with Crippen LogP contribution in [-0.4, -0.2) is 46.3 Å². The first kappa shape index (κ1) is 14.1. The van der Waals surface area contributed by atoms with Gasteiger partial charge in [0, 0.05) is 31.4 Å². The molecular formula is C16H23N5. The highest BCUT2D eigenvalue weighted by atomic mass is 15.2. The molecule has 0 aliphatic carbocycles. The lowest BCUT2D eigenvalue weighted by Crippen LogP contribution is -2.35. The Morgan fingerprint density at radius 1 is 1.24 bits per heavy atom. The van der Waals surface area contributed by atoms with Crippen LogP contribution in [0.5, 0.6) is 0 Å². The van der Waals surface area contributed by atoms with E-state index in [1.165, 1.54) is 31.6 Å². The predicted octanol–water partition coefficient (Wildman–Crippen LogP) is 2.24. The molecule has 21 heavy (non-hydrogen) atoms. The summed E-state index contributed by atoms with van der Waals surface area (Å²) in [5, 5.41) is 11.6. The SMILES string of the molecule is CN1CCCC(CNc2ccc(-c3nncn3C)cc2)C1. The number of piperidine rings is 1. The minimum Gasteiger partial charge on any atom is -0.385 e. The van der Waals surface area contributed by atoms with E-state index < -0.39 is 0 Å². The van der Waals surface area contributed by atoms with E-state index in [-0.39, 0.29) is 0 Å². The van der Waals surface area contributed by atoms with Crippen LogP contribution in [0.1, 0.15) is 12.8 Å². The molecule has 0 saturated carbocycles. The summed E-state index contributed by atoms with van der Waals surface area (Å²) in [5.74, 6) is 1.65. The molecule has 3 rings (SSSR count). The zero-order valence-electron chi connectivity index (χ0n) is 12.8. The van der Waals surface area contributed by atoms with Crippen molar-refractivity contribution in [2.75, 3.05) is 32.0 Å². The molecule has 5 heteroatoms. The van der Waals surface area contributed by atoms with Gasteiger partial charge in [-0.15, -0.1) is 10.2 Å². The Kier molecular flexibility index (Phi) is 4.20. The summed E-state index contributed by atoms with van der Waals surface area (Å²) in [7, 11) is 4.17. The van der Waals surface area contributed by atoms with Gasteiger partial charge in [0.15, 0.2) is 5.82 Å². The van der Waals surface area contributed by atoms with Crippen molar-refractivity contribution < 1.29 is 0 Å². The first-order chi connectivity index (χ1) is 10.2. The molecule has 0 amide bonds. The highest BCUT2D eigenvalue weighted by Gasteiger charge is 2.16. The van der Waals surface area contributed by atoms with Gasteiger partial charge in [-0.3, -0.25) is 0 Å². The molecule has 1 N–H and O–H groups in total. The molecule has 1 aromatic heterocycles. The van der Waals surface area contributed by atoms with Crippen LogP contribution < -0.4 is 5.32 Å². The lowest BCUT2D eigenvalue weighted by molar-refractivity contribution is 0.217. The monoisotopic (exact) mass is 285 g/mol. The van der Waals surface area contributed by atoms with Gasteiger partial charge in [-0.05, 0) is 56.6 Å². The topological polar surface area (TPSA) is 46.0 Å². The Morgan fingerprint density at radius 3 is 2.71 bits per heavy atom. The molecule has 0 radical (unpaired) electrons. The van der Waals surface area contributed by atoms with Crippen molar-refractivity contribution in [3.05, 3.63) is 30.6 Å². The Bertz CT molecular complexity index is 575. The maximum atomic E-state index is 4.13. The van der Waals surface area contributed by atoms with Gasteiger partial charge < -0.3 is 14.8 Å². The van der Waals surface area contributed by atoms with Gasteiger partial charge in [-0.1, -0.05) is 0 Å². The number of hydrogen-bond acceptors (Lipinski definition) is 4. The lowest BCUT2D eigenvalue weighted by Gasteiger charge is -2.29. The van der Waals surface area contributed by atoms with E-state index in [0.29, 0.717) is 0 Å². The van der Waals surface area contributed by atoms with E-state index in [0.717, 1.165) is 23.9 Å². The third-order valence-corrected chi connectivity index (χ3v) is 4.17. The van der Waals surface area contributed by atoms with Crippen molar-refractivity contribution in [2.45, 2.75) is 12.8 Å². The molecule has 1 unspecified atom stereocenters. The van der Waals surface area contributed by atoms with Crippen LogP contribution in [0.25, 0.3) is 11.4 Å². The Labute approximate surface area is 126 Å². The van der Waals surface area contributed by atoms with Crippen molar-refractivity contribution >= 4 is 5.69 Å². The summed E-state index contributed by atoms with van der Waals surface area (Å²) >= 11 is 0. The second-order valence-corrected chi connectivity index (χ2v) is 5.99. The van der Waals surface area contributed by atoms with Gasteiger partial charge in [0.2, 0.25) is 0 Å². The maximum absolute atomic E-state index is 4.13. The smallest absolute Gasteiger partial charge is 0.163 e. The molecule has 1 aliphatic rings. The van der Waals surface area contributed by atoms with Gasteiger partial charge in [0.25, 0.3) is 0 Å². The average molecular weight is 285 g/mol. The maximum Gasteiger partial charge on any atom is 0.163 e. The molecule has 2 heterocycles. The highest BCUT2D eigenvalue weighted by Crippen LogP contribution is 2.20. The Hall–Kier alpha value is -1.88. The molecular weight excluding hydrogens is 262 g/mol. The number of benzene rings is 1. The minimum atomic E-state index is 0.752. The number of anilines is 1. The second kappa shape index (κ2) is 6.26. The Morgan fingerprint density at radius 2 is 2.05 bits per heavy atom. The standard InChI is InChI=1S/C16H23N5/c1-20-9-3-4-13(11-20)10-17-15-7-5-14(6-8-15)16-19-18-12-21(16)2/h5-8,12-13,17H,3-4,9-11H2,1-2H3. The van der Waals surface area contributed by atoms with Crippen LogP contribution >= 0.6 is 0 Å². The van der Waals surface area contributed by atoms with Crippen LogP contribution in [0.15, 0.2) is 30.6 Å². The van der Waals surface area contributed by atoms with Gasteiger partial charge in [0.05, 0.1) is 0 Å². The molecule has 0 bridgehead atoms. The largest absolute Gasteiger partial charge is 0.385 e. The normalized spacial score (nSPS) is 19.6. The van der Waals surface area contributed by atoms with Crippen LogP contribution in [0.3, 0.4) is 0 Å². The molecule has 112 valence electrons. The molecule has 1 atom stereocenters. The summed E-state index contributed by atoms with van der Waals surface area (Å²) in [5.41, 5.74) is 2.27. The van der Waals surface area contributed by atoms with Gasteiger partial charge >= 0.3 is 0 Å². The van der Waals surface area contributed by atoms with E-state index in [9.17, 15) is 0 Å². The fourth-order valence-electron chi connectivity index (χ4n) is 2.98. The van der Waals surface area contributed by atoms with Crippen molar-refractivity contribution in [1.82, 2.24) is 19.7 Å². The average Bonchev–Trinajstić information content (AvgIpc) is 2.92. The number of aryl methyl sites for hydroxylation is 1. The first-order valence-corrected chi connectivity index (χ1v) is 7.59. The van der Waals surface area contributed by atoms with E-state index in [1.54, 1.807) is 6.33 Å². The van der Waals surface area contributed by atoms with Crippen LogP contribution in [0, 0.1) is 5.92 Å². The zero-order valence-corrected chi connectivity index (χ0v) is 12.8. The molecule has 1 aliphatic heterocycles. The van der Waals surface area contributed by atoms with E-state index >= 15 is 0 Å². The number of likely N-dealkylation sites (tertiary alicyclic amines) is 1. The zero-order chi connectivity index (χ0) is 14.7. The summed E-state index contributed by atoms with van der Waals surface area (Å²) in [6.07, 6.45) is 4.36. The fourth-order valence-corrected chi connectivity index (χ4v) is 2.98. The number of aromatic nitrogens is 3. The van der Waals surface area contributed by atoms with E-state index in [4.69, 9.17) is 0 Å². The number of rotatable bonds is 4. The highest BCUT2D eigenvalue weighted by molar-refractivity contribution is 5.59. The molecule has 5 nitrogen and oxygen atoms in total. The van der Waals surface area contributed by atoms with Gasteiger partial charge in [0.1, 0.15) is 6.33 Å². The van der Waals surface area contributed by atoms with Gasteiger partial charge in [-0.2, -0.15) is 0 Å². The third kappa shape index (κ3) is 3.42. The molecule has 0 spiro atoms. The minimum absolute atomic E-state index is 0.752. The second-order valence-electron chi connectivity index (χ2n) is 5.99. The summed E-state index contributed by atoms with van der Waals surface area (Å²) in [4.78, 5) is 2.42. The number of nitrogens with one attached hydrogen (secondary N) is 1. The summed E-state index contributed by atoms with van der Waals surface area (Å²) < 4.78 is 1.93. The van der Waals surface area contributed by atoms with Crippen LogP contribution in [-0.2, 0) is 7.05 Å². The first-order valence-electron chi connectivity index (χ1n) is 7.59. The predicted molar refractivity (Wildman–Crippen MR) is 85.1 cm³/mol.